The quantitative estimate of drug-likeness (QED) is 0.828. The summed E-state index contributed by atoms with van der Waals surface area (Å²) in [5.74, 6) is 0.383. The van der Waals surface area contributed by atoms with Crippen LogP contribution in [0.1, 0.15) is 39.9 Å². The second-order valence-electron chi connectivity index (χ2n) is 5.93. The van der Waals surface area contributed by atoms with Crippen molar-refractivity contribution in [1.82, 2.24) is 0 Å². The number of hydrogen-bond acceptors (Lipinski definition) is 5. The molecule has 5 nitrogen and oxygen atoms in total. The molecule has 1 aliphatic carbocycles. The fourth-order valence-corrected chi connectivity index (χ4v) is 4.12. The number of carbonyl (C=O) groups is 1. The van der Waals surface area contributed by atoms with Gasteiger partial charge in [-0.25, -0.2) is 0 Å². The van der Waals surface area contributed by atoms with Crippen molar-refractivity contribution in [3.05, 3.63) is 51.0 Å². The smallest absolute Gasteiger partial charge is 0.167 e. The Morgan fingerprint density at radius 3 is 2.12 bits per heavy atom. The number of rotatable bonds is 4. The van der Waals surface area contributed by atoms with Gasteiger partial charge in [-0.05, 0) is 17.7 Å². The molecule has 26 heavy (non-hydrogen) atoms. The summed E-state index contributed by atoms with van der Waals surface area (Å²) in [4.78, 5) is 12.8. The molecule has 1 aliphatic rings. The highest BCUT2D eigenvalue weighted by molar-refractivity contribution is 6.39. The van der Waals surface area contributed by atoms with E-state index in [0.717, 1.165) is 5.56 Å². The van der Waals surface area contributed by atoms with Gasteiger partial charge in [-0.2, -0.15) is 0 Å². The Balaban J connectivity index is 2.16. The van der Waals surface area contributed by atoms with Crippen LogP contribution in [0.2, 0.25) is 10.0 Å². The van der Waals surface area contributed by atoms with E-state index in [2.05, 4.69) is 0 Å². The predicted molar refractivity (Wildman–Crippen MR) is 99.2 cm³/mol. The first-order valence-electron chi connectivity index (χ1n) is 7.92. The molecule has 0 saturated carbocycles. The van der Waals surface area contributed by atoms with E-state index in [9.17, 15) is 9.90 Å². The monoisotopic (exact) mass is 396 g/mol. The number of Topliss-reactive ketones (excluding diaryl/α,β-unsaturated/α-hetero) is 1. The summed E-state index contributed by atoms with van der Waals surface area (Å²) in [6, 6.07) is 7.21. The largest absolute Gasteiger partial charge is 0.497 e. The Morgan fingerprint density at radius 2 is 1.58 bits per heavy atom. The van der Waals surface area contributed by atoms with Crippen LogP contribution in [0.5, 0.6) is 17.2 Å². The highest BCUT2D eigenvalue weighted by atomic mass is 35.5. The van der Waals surface area contributed by atoms with Crippen molar-refractivity contribution < 1.29 is 24.1 Å². The summed E-state index contributed by atoms with van der Waals surface area (Å²) < 4.78 is 15.7. The molecule has 3 rings (SSSR count). The number of aliphatic hydroxyl groups excluding tert-OH is 1. The molecular formula is C19H18Cl2O5. The first-order valence-corrected chi connectivity index (χ1v) is 8.68. The second-order valence-corrected chi connectivity index (χ2v) is 6.69. The average molecular weight is 397 g/mol. The highest BCUT2D eigenvalue weighted by Gasteiger charge is 2.40. The normalized spacial score (nSPS) is 19.1. The van der Waals surface area contributed by atoms with Crippen LogP contribution in [0.3, 0.4) is 0 Å². The fourth-order valence-electron chi connectivity index (χ4n) is 3.35. The Hall–Kier alpha value is -1.95. The number of ketones is 1. The summed E-state index contributed by atoms with van der Waals surface area (Å²) in [5.41, 5.74) is 1.30. The van der Waals surface area contributed by atoms with Crippen LogP contribution in [0.4, 0.5) is 0 Å². The average Bonchev–Trinajstić information content (AvgIpc) is 2.65. The predicted octanol–water partition coefficient (Wildman–Crippen LogP) is 4.42. The number of methoxy groups -OCH3 is 3. The van der Waals surface area contributed by atoms with Crippen molar-refractivity contribution in [3.8, 4) is 17.2 Å². The maximum atomic E-state index is 12.8. The van der Waals surface area contributed by atoms with Crippen LogP contribution in [0.25, 0.3) is 0 Å². The number of hydrogen-bond donors (Lipinski definition) is 1. The zero-order valence-electron chi connectivity index (χ0n) is 14.5. The Labute approximate surface area is 161 Å². The number of halogens is 2. The van der Waals surface area contributed by atoms with Crippen LogP contribution in [-0.2, 0) is 0 Å². The van der Waals surface area contributed by atoms with Gasteiger partial charge in [-0.15, -0.1) is 0 Å². The van der Waals surface area contributed by atoms with Gasteiger partial charge in [0.15, 0.2) is 17.3 Å². The van der Waals surface area contributed by atoms with Gasteiger partial charge in [0.1, 0.15) is 10.8 Å². The molecule has 138 valence electrons. The van der Waals surface area contributed by atoms with E-state index >= 15 is 0 Å². The molecular weight excluding hydrogens is 379 g/mol. The van der Waals surface area contributed by atoms with Crippen molar-refractivity contribution in [3.63, 3.8) is 0 Å². The Kier molecular flexibility index (Phi) is 5.32. The zero-order chi connectivity index (χ0) is 19.0. The van der Waals surface area contributed by atoms with Gasteiger partial charge in [-0.1, -0.05) is 35.3 Å². The van der Waals surface area contributed by atoms with E-state index in [1.54, 1.807) is 19.2 Å². The highest BCUT2D eigenvalue weighted by Crippen LogP contribution is 2.53. The molecule has 0 fully saturated rings. The molecule has 0 heterocycles. The molecule has 0 radical (unpaired) electrons. The molecule has 2 unspecified atom stereocenters. The standard InChI is InChI=1S/C19H18Cl2O5/c1-24-10-6-4-9(5-7-10)11-8-12(22)13-14(17(11)23)15(20)19(26-3)16(21)18(13)25-2/h4-7,11,17,23H,8H2,1-3H3. The second kappa shape index (κ2) is 7.35. The van der Waals surface area contributed by atoms with Gasteiger partial charge in [0.2, 0.25) is 0 Å². The molecule has 0 aliphatic heterocycles. The van der Waals surface area contributed by atoms with E-state index in [1.807, 2.05) is 12.1 Å². The topological polar surface area (TPSA) is 65.0 Å². The molecule has 0 bridgehead atoms. The van der Waals surface area contributed by atoms with E-state index in [1.165, 1.54) is 14.2 Å². The number of ether oxygens (including phenoxy) is 3. The van der Waals surface area contributed by atoms with Gasteiger partial charge in [-0.3, -0.25) is 4.79 Å². The molecule has 1 N–H and O–H groups in total. The fraction of sp³-hybridized carbons (Fsp3) is 0.316. The molecule has 0 aromatic heterocycles. The molecule has 2 aromatic rings. The van der Waals surface area contributed by atoms with Crippen LogP contribution < -0.4 is 14.2 Å². The SMILES string of the molecule is COc1ccc(C2CC(=O)c3c(OC)c(Cl)c(OC)c(Cl)c3C2O)cc1. The minimum atomic E-state index is -1.01. The first-order chi connectivity index (χ1) is 12.4. The van der Waals surface area contributed by atoms with Crippen LogP contribution in [0, 0.1) is 0 Å². The first kappa shape index (κ1) is 18.8. The Bertz CT molecular complexity index is 848. The zero-order valence-corrected chi connectivity index (χ0v) is 16.0. The Morgan fingerprint density at radius 1 is 0.962 bits per heavy atom. The van der Waals surface area contributed by atoms with Crippen LogP contribution in [-0.4, -0.2) is 32.2 Å². The van der Waals surface area contributed by atoms with Gasteiger partial charge >= 0.3 is 0 Å². The van der Waals surface area contributed by atoms with Crippen LogP contribution >= 0.6 is 23.2 Å². The van der Waals surface area contributed by atoms with Gasteiger partial charge in [0.05, 0.1) is 38.0 Å². The summed E-state index contributed by atoms with van der Waals surface area (Å²) in [5, 5.41) is 11.2. The maximum Gasteiger partial charge on any atom is 0.167 e. The van der Waals surface area contributed by atoms with Crippen LogP contribution in [0.15, 0.2) is 24.3 Å². The summed E-state index contributed by atoms with van der Waals surface area (Å²) >= 11 is 12.7. The lowest BCUT2D eigenvalue weighted by molar-refractivity contribution is 0.0839. The van der Waals surface area contributed by atoms with Gasteiger partial charge in [0, 0.05) is 17.9 Å². The van der Waals surface area contributed by atoms with Crippen molar-refractivity contribution in [2.75, 3.05) is 21.3 Å². The minimum absolute atomic E-state index is 0.107. The lowest BCUT2D eigenvalue weighted by atomic mass is 9.76. The lowest BCUT2D eigenvalue weighted by Crippen LogP contribution is -2.25. The van der Waals surface area contributed by atoms with E-state index in [4.69, 9.17) is 37.4 Å². The maximum absolute atomic E-state index is 12.8. The van der Waals surface area contributed by atoms with Gasteiger partial charge < -0.3 is 19.3 Å². The van der Waals surface area contributed by atoms with E-state index in [-0.39, 0.29) is 44.9 Å². The summed E-state index contributed by atoms with van der Waals surface area (Å²) in [6.07, 6.45) is -0.904. The molecule has 2 atom stereocenters. The van der Waals surface area contributed by atoms with Crippen molar-refractivity contribution in [1.29, 1.82) is 0 Å². The molecule has 0 amide bonds. The molecule has 0 saturated heterocycles. The molecule has 0 spiro atoms. The minimum Gasteiger partial charge on any atom is -0.497 e. The third kappa shape index (κ3) is 2.90. The van der Waals surface area contributed by atoms with Crippen molar-refractivity contribution in [2.45, 2.75) is 18.4 Å². The molecule has 2 aromatic carbocycles. The number of aliphatic hydroxyl groups is 1. The lowest BCUT2D eigenvalue weighted by Gasteiger charge is -2.32. The summed E-state index contributed by atoms with van der Waals surface area (Å²) in [7, 11) is 4.40. The van der Waals surface area contributed by atoms with Crippen molar-refractivity contribution in [2.24, 2.45) is 0 Å². The van der Waals surface area contributed by atoms with Crippen molar-refractivity contribution >= 4 is 29.0 Å². The summed E-state index contributed by atoms with van der Waals surface area (Å²) in [6.45, 7) is 0. The molecule has 7 heteroatoms. The third-order valence-electron chi connectivity index (χ3n) is 4.64. The number of benzene rings is 2. The third-order valence-corrected chi connectivity index (χ3v) is 5.36. The number of fused-ring (bicyclic) bond motifs is 1. The van der Waals surface area contributed by atoms with Gasteiger partial charge in [0.25, 0.3) is 0 Å². The van der Waals surface area contributed by atoms with E-state index < -0.39 is 12.0 Å². The van der Waals surface area contributed by atoms with E-state index in [0.29, 0.717) is 5.75 Å². The number of carbonyl (C=O) groups excluding carboxylic acids is 1.